The van der Waals surface area contributed by atoms with Gasteiger partial charge in [-0.15, -0.1) is 0 Å². The second kappa shape index (κ2) is 5.23. The van der Waals surface area contributed by atoms with Crippen LogP contribution in [0, 0.1) is 0 Å². The van der Waals surface area contributed by atoms with Crippen molar-refractivity contribution in [1.29, 1.82) is 0 Å². The molecule has 3 nitrogen and oxygen atoms in total. The number of aliphatic carboxylic acids is 1. The van der Waals surface area contributed by atoms with Crippen LogP contribution in [0.4, 0.5) is 0 Å². The van der Waals surface area contributed by atoms with Gasteiger partial charge in [0.15, 0.2) is 0 Å². The molecular weight excluding hydrogens is 251 g/mol. The average molecular weight is 261 g/mol. The van der Waals surface area contributed by atoms with Gasteiger partial charge in [0.05, 0.1) is 12.1 Å². The molecule has 1 aromatic carbocycles. The van der Waals surface area contributed by atoms with Crippen molar-refractivity contribution in [3.63, 3.8) is 0 Å². The van der Waals surface area contributed by atoms with E-state index in [1.54, 1.807) is 12.1 Å². The summed E-state index contributed by atoms with van der Waals surface area (Å²) >= 11 is 11.9. The van der Waals surface area contributed by atoms with E-state index in [4.69, 9.17) is 33.0 Å². The number of rotatable bonds is 3. The fraction of sp³-hybridized carbons (Fsp3) is 0.182. The fourth-order valence-corrected chi connectivity index (χ4v) is 1.57. The Bertz CT molecular complexity index is 453. The summed E-state index contributed by atoms with van der Waals surface area (Å²) in [7, 11) is 1.48. The summed E-state index contributed by atoms with van der Waals surface area (Å²) in [5, 5.41) is 9.29. The molecule has 0 aliphatic heterocycles. The lowest BCUT2D eigenvalue weighted by molar-refractivity contribution is -0.132. The first-order chi connectivity index (χ1) is 7.47. The van der Waals surface area contributed by atoms with Crippen molar-refractivity contribution < 1.29 is 14.6 Å². The van der Waals surface area contributed by atoms with Gasteiger partial charge in [-0.2, -0.15) is 0 Å². The van der Waals surface area contributed by atoms with Crippen molar-refractivity contribution in [2.75, 3.05) is 7.11 Å². The van der Waals surface area contributed by atoms with E-state index in [2.05, 4.69) is 0 Å². The largest absolute Gasteiger partial charge is 0.495 e. The normalized spacial score (nSPS) is 11.4. The van der Waals surface area contributed by atoms with Gasteiger partial charge in [-0.05, 0) is 30.7 Å². The predicted molar refractivity (Wildman–Crippen MR) is 64.3 cm³/mol. The number of hydrogen-bond acceptors (Lipinski definition) is 2. The lowest BCUT2D eigenvalue weighted by Crippen LogP contribution is -1.96. The van der Waals surface area contributed by atoms with Crippen LogP contribution in [0.1, 0.15) is 12.5 Å². The Balaban J connectivity index is 3.23. The molecule has 0 radical (unpaired) electrons. The van der Waals surface area contributed by atoms with Gasteiger partial charge in [-0.1, -0.05) is 23.2 Å². The van der Waals surface area contributed by atoms with Crippen molar-refractivity contribution in [1.82, 2.24) is 0 Å². The quantitative estimate of drug-likeness (QED) is 0.847. The van der Waals surface area contributed by atoms with E-state index in [0.29, 0.717) is 11.3 Å². The van der Waals surface area contributed by atoms with Gasteiger partial charge in [0.1, 0.15) is 10.8 Å². The molecule has 86 valence electrons. The van der Waals surface area contributed by atoms with Crippen LogP contribution in [-0.4, -0.2) is 18.2 Å². The Morgan fingerprint density at radius 1 is 1.38 bits per heavy atom. The van der Waals surface area contributed by atoms with Crippen molar-refractivity contribution in [3.05, 3.63) is 33.3 Å². The highest BCUT2D eigenvalue weighted by molar-refractivity contribution is 6.43. The van der Waals surface area contributed by atoms with Crippen molar-refractivity contribution in [2.45, 2.75) is 6.92 Å². The van der Waals surface area contributed by atoms with Crippen LogP contribution in [0.2, 0.25) is 10.0 Å². The van der Waals surface area contributed by atoms with Crippen LogP contribution in [0.25, 0.3) is 6.08 Å². The minimum absolute atomic E-state index is 0.183. The molecule has 0 heterocycles. The van der Waals surface area contributed by atoms with Crippen LogP contribution < -0.4 is 4.74 Å². The third-order valence-corrected chi connectivity index (χ3v) is 2.89. The topological polar surface area (TPSA) is 46.5 Å². The minimum Gasteiger partial charge on any atom is -0.495 e. The van der Waals surface area contributed by atoms with Crippen molar-refractivity contribution >= 4 is 35.2 Å². The summed E-state index contributed by atoms with van der Waals surface area (Å²) in [6.07, 6.45) is 1.45. The van der Waals surface area contributed by atoms with Gasteiger partial charge in [0.25, 0.3) is 0 Å². The van der Waals surface area contributed by atoms with E-state index >= 15 is 0 Å². The second-order valence-electron chi connectivity index (χ2n) is 3.12. The van der Waals surface area contributed by atoms with Gasteiger partial charge in [-0.3, -0.25) is 0 Å². The number of hydrogen-bond donors (Lipinski definition) is 1. The van der Waals surface area contributed by atoms with E-state index in [1.807, 2.05) is 0 Å². The summed E-state index contributed by atoms with van der Waals surface area (Å²) in [4.78, 5) is 10.7. The molecule has 1 aromatic rings. The Labute approximate surface area is 103 Å². The van der Waals surface area contributed by atoms with E-state index < -0.39 is 5.97 Å². The Morgan fingerprint density at radius 2 is 2.00 bits per heavy atom. The molecule has 0 saturated heterocycles. The molecule has 0 aliphatic rings. The molecule has 1 rings (SSSR count). The first kappa shape index (κ1) is 12.9. The first-order valence-electron chi connectivity index (χ1n) is 4.41. The molecule has 0 aromatic heterocycles. The van der Waals surface area contributed by atoms with Gasteiger partial charge < -0.3 is 9.84 Å². The molecule has 0 saturated carbocycles. The molecule has 5 heteroatoms. The highest BCUT2D eigenvalue weighted by atomic mass is 35.5. The average Bonchev–Trinajstić information content (AvgIpc) is 2.25. The van der Waals surface area contributed by atoms with Crippen molar-refractivity contribution in [3.8, 4) is 5.75 Å². The van der Waals surface area contributed by atoms with Crippen LogP contribution >= 0.6 is 23.2 Å². The summed E-state index contributed by atoms with van der Waals surface area (Å²) < 4.78 is 4.98. The maximum atomic E-state index is 10.7. The monoisotopic (exact) mass is 260 g/mol. The standard InChI is InChI=1S/C11H10Cl2O3/c1-6(11(14)15)5-7-3-4-8(16-2)10(13)9(7)12/h3-5H,1-2H3,(H,14,15)/b6-5+. The highest BCUT2D eigenvalue weighted by Gasteiger charge is 2.10. The summed E-state index contributed by atoms with van der Waals surface area (Å²) in [6.45, 7) is 1.48. The lowest BCUT2D eigenvalue weighted by Gasteiger charge is -2.07. The summed E-state index contributed by atoms with van der Waals surface area (Å²) in [5.41, 5.74) is 0.732. The highest BCUT2D eigenvalue weighted by Crippen LogP contribution is 2.35. The second-order valence-corrected chi connectivity index (χ2v) is 3.87. The van der Waals surface area contributed by atoms with Crippen LogP contribution in [-0.2, 0) is 4.79 Å². The van der Waals surface area contributed by atoms with E-state index in [0.717, 1.165) is 0 Å². The van der Waals surface area contributed by atoms with Crippen LogP contribution in [0.3, 0.4) is 0 Å². The summed E-state index contributed by atoms with van der Waals surface area (Å²) in [5.74, 6) is -0.542. The minimum atomic E-state index is -0.997. The summed E-state index contributed by atoms with van der Waals surface area (Å²) in [6, 6.07) is 3.29. The first-order valence-corrected chi connectivity index (χ1v) is 5.16. The number of ether oxygens (including phenoxy) is 1. The third kappa shape index (κ3) is 2.68. The van der Waals surface area contributed by atoms with Gasteiger partial charge in [0.2, 0.25) is 0 Å². The lowest BCUT2D eigenvalue weighted by atomic mass is 10.1. The zero-order valence-electron chi connectivity index (χ0n) is 8.75. The van der Waals surface area contributed by atoms with Crippen LogP contribution in [0.15, 0.2) is 17.7 Å². The van der Waals surface area contributed by atoms with Gasteiger partial charge in [0, 0.05) is 5.57 Å². The Kier molecular flexibility index (Phi) is 4.21. The number of methoxy groups -OCH3 is 1. The van der Waals surface area contributed by atoms with Crippen LogP contribution in [0.5, 0.6) is 5.75 Å². The zero-order chi connectivity index (χ0) is 12.3. The maximum Gasteiger partial charge on any atom is 0.331 e. The Hall–Kier alpha value is -1.19. The number of carbonyl (C=O) groups is 1. The fourth-order valence-electron chi connectivity index (χ4n) is 1.11. The molecule has 1 N–H and O–H groups in total. The molecular formula is C11H10Cl2O3. The van der Waals surface area contributed by atoms with Gasteiger partial charge in [-0.25, -0.2) is 4.79 Å². The molecule has 0 amide bonds. The number of halogens is 2. The van der Waals surface area contributed by atoms with E-state index in [9.17, 15) is 4.79 Å². The Morgan fingerprint density at radius 3 is 2.50 bits per heavy atom. The predicted octanol–water partition coefficient (Wildman–Crippen LogP) is 3.49. The molecule has 16 heavy (non-hydrogen) atoms. The SMILES string of the molecule is COc1ccc(/C=C(\C)C(=O)O)c(Cl)c1Cl. The molecule has 0 fully saturated rings. The number of carboxylic acids is 1. The smallest absolute Gasteiger partial charge is 0.331 e. The molecule has 0 atom stereocenters. The van der Waals surface area contributed by atoms with Crippen molar-refractivity contribution in [2.24, 2.45) is 0 Å². The van der Waals surface area contributed by atoms with E-state index in [1.165, 1.54) is 20.1 Å². The van der Waals surface area contributed by atoms with E-state index in [-0.39, 0.29) is 15.6 Å². The number of carboxylic acid groups (broad SMARTS) is 1. The number of benzene rings is 1. The maximum absolute atomic E-state index is 10.7. The third-order valence-electron chi connectivity index (χ3n) is 2.01. The zero-order valence-corrected chi connectivity index (χ0v) is 10.3. The van der Waals surface area contributed by atoms with Gasteiger partial charge >= 0.3 is 5.97 Å². The molecule has 0 spiro atoms. The molecule has 0 aliphatic carbocycles. The molecule has 0 unspecified atom stereocenters. The molecule has 0 bridgehead atoms.